The molecule has 5 rings (SSSR count). The average molecular weight is 545 g/mol. The number of rotatable bonds is 8. The lowest BCUT2D eigenvalue weighted by Gasteiger charge is -2.30. The third-order valence-electron chi connectivity index (χ3n) is 7.81. The number of hydrogen-bond donors (Lipinski definition) is 0. The molecular weight excluding hydrogens is 512 g/mol. The molecule has 0 radical (unpaired) electrons. The van der Waals surface area contributed by atoms with Crippen LogP contribution in [0.25, 0.3) is 11.0 Å². The highest BCUT2D eigenvalue weighted by atomic mass is 35.5. The van der Waals surface area contributed by atoms with Crippen LogP contribution in [0.3, 0.4) is 0 Å². The highest BCUT2D eigenvalue weighted by Crippen LogP contribution is 2.41. The van der Waals surface area contributed by atoms with Crippen LogP contribution >= 0.6 is 11.6 Å². The van der Waals surface area contributed by atoms with Gasteiger partial charge >= 0.3 is 6.09 Å². The maximum atomic E-state index is 14.1. The first-order valence-electron chi connectivity index (χ1n) is 13.5. The Hall–Kier alpha value is -3.71. The van der Waals surface area contributed by atoms with E-state index < -0.39 is 17.9 Å². The van der Waals surface area contributed by atoms with Gasteiger partial charge in [-0.25, -0.2) is 14.4 Å². The largest absolute Gasteiger partial charge is 0.447 e. The van der Waals surface area contributed by atoms with Gasteiger partial charge in [0.05, 0.1) is 16.6 Å². The van der Waals surface area contributed by atoms with Gasteiger partial charge in [-0.1, -0.05) is 85.3 Å². The Labute approximate surface area is 233 Å². The zero-order chi connectivity index (χ0) is 27.7. The first-order valence-corrected chi connectivity index (χ1v) is 13.9. The van der Waals surface area contributed by atoms with Crippen LogP contribution in [0.5, 0.6) is 0 Å². The number of ether oxygens (including phenoxy) is 1. The van der Waals surface area contributed by atoms with E-state index in [1.165, 1.54) is 16.0 Å². The summed E-state index contributed by atoms with van der Waals surface area (Å²) in [5.74, 6) is -1.29. The predicted molar refractivity (Wildman–Crippen MR) is 152 cm³/mol. The summed E-state index contributed by atoms with van der Waals surface area (Å²) in [4.78, 5) is 28.3. The van der Waals surface area contributed by atoms with Gasteiger partial charge in [0.25, 0.3) is 0 Å². The van der Waals surface area contributed by atoms with E-state index in [1.807, 2.05) is 56.3 Å². The molecule has 3 aromatic carbocycles. The van der Waals surface area contributed by atoms with Crippen molar-refractivity contribution in [3.63, 3.8) is 0 Å². The van der Waals surface area contributed by atoms with E-state index >= 15 is 0 Å². The molecule has 1 fully saturated rings. The van der Waals surface area contributed by atoms with Crippen molar-refractivity contribution in [1.29, 1.82) is 0 Å². The molecule has 1 saturated heterocycles. The smallest absolute Gasteiger partial charge is 0.416 e. The number of fused-ring (bicyclic) bond motifs is 1. The molecule has 7 nitrogen and oxygen atoms in total. The molecule has 0 bridgehead atoms. The maximum Gasteiger partial charge on any atom is 0.416 e. The standard InChI is InChI=1S/C31H33ClN4O3/c1-5-22-17-23(13-12-19(22)3)27(25-14-15-26-29(28(25)32)33-34-35(26)6-2)20(4)30(37)36-24(18-39-31(36)38)16-21-10-8-7-9-11-21/h7-15,17,20,24,27H,5-6,16,18H2,1-4H3/t20-,24-,27+/m1/s1. The van der Waals surface area contributed by atoms with Crippen molar-refractivity contribution in [3.05, 3.63) is 93.5 Å². The molecule has 39 heavy (non-hydrogen) atoms. The van der Waals surface area contributed by atoms with Gasteiger partial charge in [0.2, 0.25) is 5.91 Å². The lowest BCUT2D eigenvalue weighted by molar-refractivity contribution is -0.133. The van der Waals surface area contributed by atoms with Crippen molar-refractivity contribution in [3.8, 4) is 0 Å². The predicted octanol–water partition coefficient (Wildman–Crippen LogP) is 6.33. The second kappa shape index (κ2) is 11.2. The van der Waals surface area contributed by atoms with Gasteiger partial charge in [-0.3, -0.25) is 4.79 Å². The minimum absolute atomic E-state index is 0.175. The van der Waals surface area contributed by atoms with E-state index in [1.54, 1.807) is 4.68 Å². The Balaban J connectivity index is 1.57. The van der Waals surface area contributed by atoms with Crippen molar-refractivity contribution < 1.29 is 14.3 Å². The third kappa shape index (κ3) is 5.03. The number of carbonyl (C=O) groups is 2. The number of imide groups is 1. The average Bonchev–Trinajstić information content (AvgIpc) is 3.54. The second-order valence-electron chi connectivity index (χ2n) is 10.2. The molecular formula is C31H33ClN4O3. The lowest BCUT2D eigenvalue weighted by atomic mass is 9.79. The monoisotopic (exact) mass is 544 g/mol. The van der Waals surface area contributed by atoms with E-state index in [0.717, 1.165) is 28.6 Å². The number of benzene rings is 3. The topological polar surface area (TPSA) is 77.3 Å². The molecule has 4 aromatic rings. The summed E-state index contributed by atoms with van der Waals surface area (Å²) >= 11 is 7.00. The van der Waals surface area contributed by atoms with Crippen molar-refractivity contribution in [2.75, 3.05) is 6.61 Å². The zero-order valence-corrected chi connectivity index (χ0v) is 23.5. The summed E-state index contributed by atoms with van der Waals surface area (Å²) in [5, 5.41) is 9.05. The van der Waals surface area contributed by atoms with E-state index in [4.69, 9.17) is 16.3 Å². The Morgan fingerprint density at radius 1 is 1.13 bits per heavy atom. The molecule has 8 heteroatoms. The summed E-state index contributed by atoms with van der Waals surface area (Å²) in [6, 6.07) is 19.7. The molecule has 2 amide bonds. The van der Waals surface area contributed by atoms with Crippen LogP contribution in [0, 0.1) is 12.8 Å². The molecule has 2 heterocycles. The molecule has 1 aliphatic heterocycles. The maximum absolute atomic E-state index is 14.1. The summed E-state index contributed by atoms with van der Waals surface area (Å²) in [7, 11) is 0. The Morgan fingerprint density at radius 3 is 2.62 bits per heavy atom. The summed E-state index contributed by atoms with van der Waals surface area (Å²) in [6.07, 6.45) is 0.800. The second-order valence-corrected chi connectivity index (χ2v) is 10.6. The number of nitrogens with zero attached hydrogens (tertiary/aromatic N) is 4. The molecule has 0 aliphatic carbocycles. The van der Waals surface area contributed by atoms with E-state index in [0.29, 0.717) is 23.5 Å². The molecule has 0 N–H and O–H groups in total. The van der Waals surface area contributed by atoms with Crippen LogP contribution in [0.4, 0.5) is 4.79 Å². The number of aromatic nitrogens is 3. The van der Waals surface area contributed by atoms with Gasteiger partial charge in [-0.05, 0) is 60.6 Å². The highest BCUT2D eigenvalue weighted by Gasteiger charge is 2.42. The zero-order valence-electron chi connectivity index (χ0n) is 22.7. The van der Waals surface area contributed by atoms with Crippen molar-refractivity contribution >= 4 is 34.6 Å². The molecule has 1 aliphatic rings. The van der Waals surface area contributed by atoms with Crippen molar-refractivity contribution in [2.24, 2.45) is 5.92 Å². The molecule has 202 valence electrons. The first-order chi connectivity index (χ1) is 18.8. The number of hydrogen-bond acceptors (Lipinski definition) is 5. The highest BCUT2D eigenvalue weighted by molar-refractivity contribution is 6.35. The number of cyclic esters (lactones) is 1. The van der Waals surface area contributed by atoms with Gasteiger partial charge < -0.3 is 4.74 Å². The number of aryl methyl sites for hydroxylation is 3. The summed E-state index contributed by atoms with van der Waals surface area (Å²) < 4.78 is 7.18. The van der Waals surface area contributed by atoms with Crippen LogP contribution in [-0.2, 0) is 28.9 Å². The summed E-state index contributed by atoms with van der Waals surface area (Å²) in [5.41, 5.74) is 6.63. The fourth-order valence-corrected chi connectivity index (χ4v) is 5.94. The van der Waals surface area contributed by atoms with E-state index in [9.17, 15) is 9.59 Å². The van der Waals surface area contributed by atoms with Gasteiger partial charge in [0, 0.05) is 18.4 Å². The third-order valence-corrected chi connectivity index (χ3v) is 8.20. The minimum atomic E-state index is -0.600. The normalized spacial score (nSPS) is 16.9. The Bertz CT molecular complexity index is 1520. The van der Waals surface area contributed by atoms with Crippen molar-refractivity contribution in [1.82, 2.24) is 19.9 Å². The quantitative estimate of drug-likeness (QED) is 0.259. The molecule has 0 unspecified atom stereocenters. The Kier molecular flexibility index (Phi) is 7.71. The van der Waals surface area contributed by atoms with Crippen LogP contribution < -0.4 is 0 Å². The number of amides is 2. The van der Waals surface area contributed by atoms with Crippen molar-refractivity contribution in [2.45, 2.75) is 59.0 Å². The van der Waals surface area contributed by atoms with E-state index in [2.05, 4.69) is 42.4 Å². The van der Waals surface area contributed by atoms with Crippen LogP contribution in [0.2, 0.25) is 5.02 Å². The molecule has 0 saturated carbocycles. The van der Waals surface area contributed by atoms with Crippen LogP contribution in [-0.4, -0.2) is 44.5 Å². The number of carbonyl (C=O) groups excluding carboxylic acids is 2. The van der Waals surface area contributed by atoms with Gasteiger partial charge in [0.15, 0.2) is 0 Å². The van der Waals surface area contributed by atoms with E-state index in [-0.39, 0.29) is 18.6 Å². The minimum Gasteiger partial charge on any atom is -0.447 e. The number of halogens is 1. The lowest BCUT2D eigenvalue weighted by Crippen LogP contribution is -2.44. The SMILES string of the molecule is CCc1cc([C@@H](c2ccc3c(nnn3CC)c2Cl)[C@@H](C)C(=O)N2C(=O)OC[C@H]2Cc2ccccc2)ccc1C. The fraction of sp³-hybridized carbons (Fsp3) is 0.355. The van der Waals surface area contributed by atoms with Crippen LogP contribution in [0.1, 0.15) is 54.5 Å². The fourth-order valence-electron chi connectivity index (χ4n) is 5.63. The molecule has 3 atom stereocenters. The summed E-state index contributed by atoms with van der Waals surface area (Å²) in [6.45, 7) is 8.91. The molecule has 1 aromatic heterocycles. The van der Waals surface area contributed by atoms with Gasteiger partial charge in [0.1, 0.15) is 12.1 Å². The van der Waals surface area contributed by atoms with Gasteiger partial charge in [-0.2, -0.15) is 0 Å². The van der Waals surface area contributed by atoms with Crippen LogP contribution in [0.15, 0.2) is 60.7 Å². The first kappa shape index (κ1) is 26.9. The molecule has 0 spiro atoms. The van der Waals surface area contributed by atoms with Gasteiger partial charge in [-0.15, -0.1) is 5.10 Å². The Morgan fingerprint density at radius 2 is 1.90 bits per heavy atom.